The number of hydrogen-bond donors (Lipinski definition) is 0. The Morgan fingerprint density at radius 3 is 1.26 bits per heavy atom. The first-order chi connectivity index (χ1) is 37.7. The van der Waals surface area contributed by atoms with Gasteiger partial charge in [0.2, 0.25) is 0 Å². The van der Waals surface area contributed by atoms with Crippen LogP contribution in [-0.4, -0.2) is 0 Å². The molecule has 12 aromatic carbocycles. The van der Waals surface area contributed by atoms with E-state index in [9.17, 15) is 0 Å². The Balaban J connectivity index is 0.988. The molecular weight excluding hydrogens is 917 g/mol. The number of hydrogen-bond acceptors (Lipinski definition) is 2. The maximum absolute atomic E-state index is 2.59. The molecule has 1 heterocycles. The van der Waals surface area contributed by atoms with E-state index in [1.54, 1.807) is 0 Å². The van der Waals surface area contributed by atoms with Gasteiger partial charge in [-0.25, -0.2) is 0 Å². The van der Waals surface area contributed by atoms with Gasteiger partial charge in [-0.15, -0.1) is 0 Å². The predicted octanol–water partition coefficient (Wildman–Crippen LogP) is 19.0. The van der Waals surface area contributed by atoms with Gasteiger partial charge >= 0.3 is 0 Å². The third-order valence-electron chi connectivity index (χ3n) is 17.1. The summed E-state index contributed by atoms with van der Waals surface area (Å²) in [6.45, 7) is 0. The SMILES string of the molecule is c1ccc(-c2ccc(-c3ccccc3N(c3ccc4c(c3)C3(c5ccccc5-4)c4ccccc4N(c4ccccc4)c4ccccc43)c3cccc4c3-c3ccccc3C43c4ccccc4-c4ccccc43)cc2)cc1. The maximum atomic E-state index is 2.59. The number of para-hydroxylation sites is 4. The molecule has 0 fully saturated rings. The van der Waals surface area contributed by atoms with Crippen LogP contribution in [0.3, 0.4) is 0 Å². The van der Waals surface area contributed by atoms with Crippen molar-refractivity contribution in [2.24, 2.45) is 0 Å². The van der Waals surface area contributed by atoms with Crippen molar-refractivity contribution in [3.63, 3.8) is 0 Å². The molecule has 12 aromatic rings. The van der Waals surface area contributed by atoms with Crippen molar-refractivity contribution >= 4 is 34.1 Å². The van der Waals surface area contributed by atoms with E-state index >= 15 is 0 Å². The van der Waals surface area contributed by atoms with Gasteiger partial charge in [-0.2, -0.15) is 0 Å². The minimum atomic E-state index is -0.634. The topological polar surface area (TPSA) is 6.48 Å². The van der Waals surface area contributed by atoms with Gasteiger partial charge in [-0.1, -0.05) is 243 Å². The molecule has 2 nitrogen and oxygen atoms in total. The largest absolute Gasteiger partial charge is 0.310 e. The quantitative estimate of drug-likeness (QED) is 0.164. The van der Waals surface area contributed by atoms with Gasteiger partial charge in [0.25, 0.3) is 0 Å². The van der Waals surface area contributed by atoms with Gasteiger partial charge < -0.3 is 9.80 Å². The summed E-state index contributed by atoms with van der Waals surface area (Å²) in [5, 5.41) is 0. The zero-order valence-electron chi connectivity index (χ0n) is 41.6. The van der Waals surface area contributed by atoms with Crippen LogP contribution in [0.15, 0.2) is 291 Å². The van der Waals surface area contributed by atoms with Crippen LogP contribution in [-0.2, 0) is 10.8 Å². The first-order valence-corrected chi connectivity index (χ1v) is 26.5. The molecule has 2 heteroatoms. The van der Waals surface area contributed by atoms with Crippen LogP contribution in [0.2, 0.25) is 0 Å². The summed E-state index contributed by atoms with van der Waals surface area (Å²) in [6.07, 6.45) is 0. The lowest BCUT2D eigenvalue weighted by atomic mass is 9.64. The Bertz CT molecular complexity index is 4210. The van der Waals surface area contributed by atoms with Gasteiger partial charge in [0.1, 0.15) is 0 Å². The minimum absolute atomic E-state index is 0.503. The summed E-state index contributed by atoms with van der Waals surface area (Å²) in [4.78, 5) is 5.06. The molecular formula is C74H48N2. The average Bonchev–Trinajstić information content (AvgIpc) is 4.30. The number of benzene rings is 12. The molecule has 0 aromatic heterocycles. The monoisotopic (exact) mass is 964 g/mol. The van der Waals surface area contributed by atoms with Gasteiger partial charge in [0, 0.05) is 22.5 Å². The van der Waals surface area contributed by atoms with Crippen molar-refractivity contribution in [1.82, 2.24) is 0 Å². The summed E-state index contributed by atoms with van der Waals surface area (Å²) in [6, 6.07) is 109. The molecule has 0 atom stereocenters. The standard InChI is InChI=1S/C74H48N2/c1-3-22-49(23-4-1)50-42-44-51(45-43-50)54-26-11-18-38-68(54)76(71-41-21-37-66-72(71)59-30-10-15-34-63(59)73(66)60-31-12-7-27-55(60)56-28-8-13-32-61(56)73)53-46-47-58-57-29-9-14-33-62(57)74(67(58)48-53)64-35-16-19-39-69(64)75(52-24-5-2-6-25-52)70-40-20-17-36-65(70)74/h1-48H. The summed E-state index contributed by atoms with van der Waals surface area (Å²) in [7, 11) is 0. The van der Waals surface area contributed by atoms with Gasteiger partial charge in [0.05, 0.1) is 33.6 Å². The van der Waals surface area contributed by atoms with Crippen LogP contribution in [0.25, 0.3) is 55.6 Å². The Hall–Kier alpha value is -9.76. The van der Waals surface area contributed by atoms with Crippen molar-refractivity contribution < 1.29 is 0 Å². The van der Waals surface area contributed by atoms with E-state index in [4.69, 9.17) is 0 Å². The van der Waals surface area contributed by atoms with E-state index in [0.717, 1.165) is 33.9 Å². The highest BCUT2D eigenvalue weighted by Crippen LogP contribution is 2.67. The molecule has 16 rings (SSSR count). The summed E-state index contributed by atoms with van der Waals surface area (Å²) in [5.74, 6) is 0. The van der Waals surface area contributed by atoms with E-state index in [2.05, 4.69) is 301 Å². The molecule has 0 radical (unpaired) electrons. The zero-order valence-corrected chi connectivity index (χ0v) is 41.6. The lowest BCUT2D eigenvalue weighted by Gasteiger charge is -2.45. The third-order valence-corrected chi connectivity index (χ3v) is 17.1. The predicted molar refractivity (Wildman–Crippen MR) is 314 cm³/mol. The second kappa shape index (κ2) is 16.4. The van der Waals surface area contributed by atoms with Gasteiger partial charge in [-0.05, 0) is 138 Å². The van der Waals surface area contributed by atoms with Crippen molar-refractivity contribution in [3.05, 3.63) is 336 Å². The fraction of sp³-hybridized carbons (Fsp3) is 0.0270. The van der Waals surface area contributed by atoms with Gasteiger partial charge in [0.15, 0.2) is 0 Å². The molecule has 0 bridgehead atoms. The molecule has 0 N–H and O–H groups in total. The molecule has 0 saturated heterocycles. The number of anilines is 6. The molecule has 2 spiro atoms. The second-order valence-electron chi connectivity index (χ2n) is 20.6. The van der Waals surface area contributed by atoms with Crippen molar-refractivity contribution in [1.29, 1.82) is 0 Å². The van der Waals surface area contributed by atoms with Crippen LogP contribution in [0, 0.1) is 0 Å². The lowest BCUT2D eigenvalue weighted by Crippen LogP contribution is -2.36. The molecule has 0 unspecified atom stereocenters. The highest BCUT2D eigenvalue weighted by atomic mass is 15.2. The van der Waals surface area contributed by atoms with E-state index in [1.165, 1.54) is 100 Å². The van der Waals surface area contributed by atoms with Crippen LogP contribution in [0.4, 0.5) is 34.1 Å². The first-order valence-electron chi connectivity index (χ1n) is 26.5. The Kier molecular flexibility index (Phi) is 9.20. The van der Waals surface area contributed by atoms with Crippen molar-refractivity contribution in [2.75, 3.05) is 9.80 Å². The van der Waals surface area contributed by atoms with Crippen LogP contribution < -0.4 is 9.80 Å². The number of rotatable bonds is 6. The number of fused-ring (bicyclic) bond motifs is 19. The Morgan fingerprint density at radius 1 is 0.250 bits per heavy atom. The molecule has 0 amide bonds. The Morgan fingerprint density at radius 2 is 0.658 bits per heavy atom. The molecule has 0 saturated carbocycles. The summed E-state index contributed by atoms with van der Waals surface area (Å²) >= 11 is 0. The molecule has 1 aliphatic heterocycles. The van der Waals surface area contributed by atoms with Gasteiger partial charge in [-0.3, -0.25) is 0 Å². The molecule has 76 heavy (non-hydrogen) atoms. The van der Waals surface area contributed by atoms with E-state index in [1.807, 2.05) is 0 Å². The van der Waals surface area contributed by atoms with Crippen LogP contribution in [0.1, 0.15) is 44.5 Å². The van der Waals surface area contributed by atoms with E-state index in [-0.39, 0.29) is 0 Å². The second-order valence-corrected chi connectivity index (χ2v) is 20.6. The highest BCUT2D eigenvalue weighted by molar-refractivity contribution is 6.04. The fourth-order valence-electron chi connectivity index (χ4n) is 14.2. The third kappa shape index (κ3) is 5.70. The first kappa shape index (κ1) is 42.7. The summed E-state index contributed by atoms with van der Waals surface area (Å²) in [5.41, 5.74) is 28.5. The normalized spacial score (nSPS) is 14.0. The minimum Gasteiger partial charge on any atom is -0.310 e. The maximum Gasteiger partial charge on any atom is 0.0755 e. The highest BCUT2D eigenvalue weighted by Gasteiger charge is 2.54. The number of nitrogens with zero attached hydrogens (tertiary/aromatic N) is 2. The molecule has 354 valence electrons. The summed E-state index contributed by atoms with van der Waals surface area (Å²) < 4.78 is 0. The van der Waals surface area contributed by atoms with E-state index in [0.29, 0.717) is 0 Å². The van der Waals surface area contributed by atoms with Crippen molar-refractivity contribution in [2.45, 2.75) is 10.8 Å². The average molecular weight is 965 g/mol. The smallest absolute Gasteiger partial charge is 0.0755 e. The Labute approximate surface area is 443 Å². The molecule has 4 aliphatic rings. The van der Waals surface area contributed by atoms with Crippen LogP contribution >= 0.6 is 0 Å². The lowest BCUT2D eigenvalue weighted by molar-refractivity contribution is 0.752. The fourth-order valence-corrected chi connectivity index (χ4v) is 14.2. The van der Waals surface area contributed by atoms with E-state index < -0.39 is 10.8 Å². The molecule has 3 aliphatic carbocycles. The van der Waals surface area contributed by atoms with Crippen LogP contribution in [0.5, 0.6) is 0 Å². The zero-order chi connectivity index (χ0) is 50.0. The van der Waals surface area contributed by atoms with Crippen molar-refractivity contribution in [3.8, 4) is 55.6 Å².